The minimum absolute atomic E-state index is 0.125. The van der Waals surface area contributed by atoms with Crippen molar-refractivity contribution < 1.29 is 13.9 Å². The smallest absolute Gasteiger partial charge is 0.264 e. The van der Waals surface area contributed by atoms with Crippen LogP contribution in [0.2, 0.25) is 0 Å². The lowest BCUT2D eigenvalue weighted by Crippen LogP contribution is -2.21. The zero-order valence-corrected chi connectivity index (χ0v) is 17.0. The number of carbonyl (C=O) groups is 1. The molecular formula is C19H18BrFN2O2S. The number of halogens is 2. The van der Waals surface area contributed by atoms with Crippen molar-refractivity contribution in [2.45, 2.75) is 26.2 Å². The number of hydrogen-bond acceptors (Lipinski definition) is 4. The average Bonchev–Trinajstić information content (AvgIpc) is 2.96. The summed E-state index contributed by atoms with van der Waals surface area (Å²) in [6, 6.07) is 10.4. The fraction of sp³-hybridized carbons (Fsp3) is 0.263. The fourth-order valence-electron chi connectivity index (χ4n) is 2.48. The van der Waals surface area contributed by atoms with Gasteiger partial charge in [-0.15, -0.1) is 0 Å². The maximum atomic E-state index is 13.7. The molecule has 0 bridgehead atoms. The number of rotatable bonds is 4. The van der Waals surface area contributed by atoms with Crippen LogP contribution in [0.3, 0.4) is 0 Å². The van der Waals surface area contributed by atoms with Crippen LogP contribution in [0.5, 0.6) is 5.75 Å². The van der Waals surface area contributed by atoms with Gasteiger partial charge in [-0.3, -0.25) is 10.1 Å². The fourth-order valence-corrected chi connectivity index (χ4v) is 3.74. The Labute approximate surface area is 163 Å². The molecule has 0 saturated heterocycles. The molecule has 0 aliphatic heterocycles. The molecule has 1 heterocycles. The molecule has 0 radical (unpaired) electrons. The van der Waals surface area contributed by atoms with Crippen LogP contribution in [-0.2, 0) is 10.2 Å². The highest BCUT2D eigenvalue weighted by Gasteiger charge is 2.20. The topological polar surface area (TPSA) is 51.2 Å². The minimum atomic E-state index is -0.403. The summed E-state index contributed by atoms with van der Waals surface area (Å²) in [5.74, 6) is -0.0846. The largest absolute Gasteiger partial charge is 0.483 e. The van der Waals surface area contributed by atoms with E-state index in [0.29, 0.717) is 15.6 Å². The Balaban J connectivity index is 1.70. The molecule has 0 spiro atoms. The van der Waals surface area contributed by atoms with Crippen LogP contribution in [0.1, 0.15) is 26.3 Å². The predicted octanol–water partition coefficient (Wildman–Crippen LogP) is 5.51. The molecule has 3 rings (SSSR count). The summed E-state index contributed by atoms with van der Waals surface area (Å²) in [6.07, 6.45) is 0. The van der Waals surface area contributed by atoms with Crippen molar-refractivity contribution in [3.63, 3.8) is 0 Å². The number of aromatic nitrogens is 1. The summed E-state index contributed by atoms with van der Waals surface area (Å²) in [7, 11) is 0. The van der Waals surface area contributed by atoms with E-state index in [1.54, 1.807) is 12.1 Å². The minimum Gasteiger partial charge on any atom is -0.483 e. The second kappa shape index (κ2) is 7.32. The summed E-state index contributed by atoms with van der Waals surface area (Å²) < 4.78 is 21.1. The second-order valence-electron chi connectivity index (χ2n) is 6.83. The molecule has 26 heavy (non-hydrogen) atoms. The third kappa shape index (κ3) is 4.22. The number of amides is 1. The van der Waals surface area contributed by atoms with Gasteiger partial charge in [0.05, 0.1) is 4.70 Å². The quantitative estimate of drug-likeness (QED) is 0.586. The van der Waals surface area contributed by atoms with E-state index in [0.717, 1.165) is 10.0 Å². The summed E-state index contributed by atoms with van der Waals surface area (Å²) >= 11 is 4.69. The highest BCUT2D eigenvalue weighted by Crippen LogP contribution is 2.33. The van der Waals surface area contributed by atoms with Crippen molar-refractivity contribution in [2.75, 3.05) is 11.9 Å². The van der Waals surface area contributed by atoms with Crippen LogP contribution in [-0.4, -0.2) is 17.5 Å². The molecule has 0 aliphatic rings. The molecule has 4 nitrogen and oxygen atoms in total. The molecule has 2 aromatic carbocycles. The standard InChI is InChI=1S/C19H18BrFN2O2S/c1-19(2,3)12-9-11(20)7-8-14(12)25-10-16(24)22-18-23-17-13(21)5-4-6-15(17)26-18/h4-9H,10H2,1-3H3,(H,22,23,24). The highest BCUT2D eigenvalue weighted by atomic mass is 79.9. The highest BCUT2D eigenvalue weighted by molar-refractivity contribution is 9.10. The third-order valence-electron chi connectivity index (χ3n) is 3.72. The van der Waals surface area contributed by atoms with Crippen LogP contribution >= 0.6 is 27.3 Å². The van der Waals surface area contributed by atoms with Crippen molar-refractivity contribution in [3.8, 4) is 5.75 Å². The molecule has 0 fully saturated rings. The second-order valence-corrected chi connectivity index (χ2v) is 8.78. The Bertz CT molecular complexity index is 966. The van der Waals surface area contributed by atoms with Crippen molar-refractivity contribution in [3.05, 3.63) is 52.3 Å². The van der Waals surface area contributed by atoms with Crippen LogP contribution in [0.15, 0.2) is 40.9 Å². The Morgan fingerprint density at radius 3 is 2.77 bits per heavy atom. The van der Waals surface area contributed by atoms with Gasteiger partial charge in [-0.05, 0) is 35.7 Å². The van der Waals surface area contributed by atoms with E-state index in [4.69, 9.17) is 4.74 Å². The first kappa shape index (κ1) is 18.8. The number of thiazole rings is 1. The van der Waals surface area contributed by atoms with Gasteiger partial charge < -0.3 is 4.74 Å². The van der Waals surface area contributed by atoms with E-state index >= 15 is 0 Å². The number of fused-ring (bicyclic) bond motifs is 1. The number of anilines is 1. The number of ether oxygens (including phenoxy) is 1. The van der Waals surface area contributed by atoms with Crippen LogP contribution in [0.4, 0.5) is 9.52 Å². The number of carbonyl (C=O) groups excluding carboxylic acids is 1. The van der Waals surface area contributed by atoms with E-state index in [2.05, 4.69) is 47.0 Å². The number of nitrogens with one attached hydrogen (secondary N) is 1. The van der Waals surface area contributed by atoms with E-state index in [9.17, 15) is 9.18 Å². The van der Waals surface area contributed by atoms with Gasteiger partial charge in [-0.2, -0.15) is 0 Å². The predicted molar refractivity (Wildman–Crippen MR) is 107 cm³/mol. The van der Waals surface area contributed by atoms with Gasteiger partial charge in [0.1, 0.15) is 17.1 Å². The molecule has 3 aromatic rings. The van der Waals surface area contributed by atoms with Crippen LogP contribution < -0.4 is 10.1 Å². The molecule has 0 unspecified atom stereocenters. The molecule has 0 aliphatic carbocycles. The summed E-state index contributed by atoms with van der Waals surface area (Å²) in [4.78, 5) is 16.3. The number of para-hydroxylation sites is 1. The first-order valence-corrected chi connectivity index (χ1v) is 9.63. The van der Waals surface area contributed by atoms with Gasteiger partial charge in [0.25, 0.3) is 5.91 Å². The van der Waals surface area contributed by atoms with Crippen molar-refractivity contribution >= 4 is 48.5 Å². The monoisotopic (exact) mass is 436 g/mol. The molecule has 136 valence electrons. The Morgan fingerprint density at radius 2 is 2.08 bits per heavy atom. The van der Waals surface area contributed by atoms with Gasteiger partial charge in [-0.1, -0.05) is 54.1 Å². The van der Waals surface area contributed by atoms with Crippen molar-refractivity contribution in [1.29, 1.82) is 0 Å². The molecule has 1 amide bonds. The van der Waals surface area contributed by atoms with Gasteiger partial charge in [0, 0.05) is 10.0 Å². The van der Waals surface area contributed by atoms with Crippen molar-refractivity contribution in [2.24, 2.45) is 0 Å². The summed E-state index contributed by atoms with van der Waals surface area (Å²) in [6.45, 7) is 6.09. The number of nitrogens with zero attached hydrogens (tertiary/aromatic N) is 1. The Kier molecular flexibility index (Phi) is 5.29. The first-order valence-electron chi connectivity index (χ1n) is 8.02. The molecular weight excluding hydrogens is 419 g/mol. The maximum Gasteiger partial charge on any atom is 0.264 e. The summed E-state index contributed by atoms with van der Waals surface area (Å²) in [5, 5.41) is 3.02. The number of benzene rings is 2. The number of hydrogen-bond donors (Lipinski definition) is 1. The lowest BCUT2D eigenvalue weighted by molar-refractivity contribution is -0.118. The lowest BCUT2D eigenvalue weighted by Gasteiger charge is -2.23. The van der Waals surface area contributed by atoms with Crippen LogP contribution in [0, 0.1) is 5.82 Å². The van der Waals surface area contributed by atoms with Crippen LogP contribution in [0.25, 0.3) is 10.2 Å². The van der Waals surface area contributed by atoms with E-state index < -0.39 is 5.82 Å². The average molecular weight is 437 g/mol. The first-order chi connectivity index (χ1) is 12.2. The normalized spacial score (nSPS) is 11.6. The lowest BCUT2D eigenvalue weighted by atomic mass is 9.86. The van der Waals surface area contributed by atoms with Gasteiger partial charge in [0.2, 0.25) is 0 Å². The summed E-state index contributed by atoms with van der Waals surface area (Å²) in [5.41, 5.74) is 1.14. The Hall–Kier alpha value is -1.99. The molecule has 0 atom stereocenters. The molecule has 7 heteroatoms. The van der Waals surface area contributed by atoms with E-state index in [1.165, 1.54) is 17.4 Å². The zero-order chi connectivity index (χ0) is 18.9. The molecule has 1 N–H and O–H groups in total. The Morgan fingerprint density at radius 1 is 1.31 bits per heavy atom. The van der Waals surface area contributed by atoms with Gasteiger partial charge in [-0.25, -0.2) is 9.37 Å². The van der Waals surface area contributed by atoms with E-state index in [-0.39, 0.29) is 23.4 Å². The SMILES string of the molecule is CC(C)(C)c1cc(Br)ccc1OCC(=O)Nc1nc2c(F)cccc2s1. The zero-order valence-electron chi connectivity index (χ0n) is 14.6. The molecule has 1 aromatic heterocycles. The van der Waals surface area contributed by atoms with Crippen molar-refractivity contribution in [1.82, 2.24) is 4.98 Å². The van der Waals surface area contributed by atoms with Gasteiger partial charge in [0.15, 0.2) is 11.7 Å². The van der Waals surface area contributed by atoms with Gasteiger partial charge >= 0.3 is 0 Å². The van der Waals surface area contributed by atoms with E-state index in [1.807, 2.05) is 18.2 Å². The maximum absolute atomic E-state index is 13.7. The third-order valence-corrected chi connectivity index (χ3v) is 5.15. The molecule has 0 saturated carbocycles.